The summed E-state index contributed by atoms with van der Waals surface area (Å²) in [5.74, 6) is 5.97. The summed E-state index contributed by atoms with van der Waals surface area (Å²) >= 11 is 1.16. The molecule has 30 heavy (non-hydrogen) atoms. The number of hydrogen-bond donors (Lipinski definition) is 1. The summed E-state index contributed by atoms with van der Waals surface area (Å²) in [6, 6.07) is 1.79. The Kier molecular flexibility index (Phi) is 6.94. The summed E-state index contributed by atoms with van der Waals surface area (Å²) in [7, 11) is 1.68. The van der Waals surface area contributed by atoms with Crippen molar-refractivity contribution in [3.05, 3.63) is 15.8 Å². The molecule has 1 amide bonds. The van der Waals surface area contributed by atoms with E-state index in [0.717, 1.165) is 49.9 Å². The van der Waals surface area contributed by atoms with Gasteiger partial charge in [-0.05, 0) is 71.3 Å². The lowest BCUT2D eigenvalue weighted by molar-refractivity contribution is -0.125. The van der Waals surface area contributed by atoms with Crippen molar-refractivity contribution in [2.45, 2.75) is 78.4 Å². The van der Waals surface area contributed by atoms with Crippen LogP contribution in [0.3, 0.4) is 0 Å². The van der Waals surface area contributed by atoms with Crippen molar-refractivity contribution in [3.63, 3.8) is 0 Å². The molecule has 0 radical (unpaired) electrons. The predicted molar refractivity (Wildman–Crippen MR) is 120 cm³/mol. The Balaban J connectivity index is 1.96. The standard InChI is InChI=1S/C24H33NO4S/c1-15-6-8-16(9-7-15)22(26)25(17-12-18(13-17)29-5)20-14-19(10-11-24(2,3)4)30-21(20)23(27)28/h14-18H,6-9,12-13H2,1-5H3,(H,27,28)/t15-,16-,17-,18-. The number of carbonyl (C=O) groups is 2. The van der Waals surface area contributed by atoms with Crippen LogP contribution in [0.1, 0.15) is 80.8 Å². The number of carboxylic acid groups (broad SMARTS) is 1. The van der Waals surface area contributed by atoms with E-state index in [2.05, 4.69) is 18.8 Å². The van der Waals surface area contributed by atoms with Crippen LogP contribution in [0.25, 0.3) is 0 Å². The molecule has 1 aromatic heterocycles. The van der Waals surface area contributed by atoms with E-state index in [-0.39, 0.29) is 34.3 Å². The van der Waals surface area contributed by atoms with Crippen LogP contribution in [0, 0.1) is 29.1 Å². The van der Waals surface area contributed by atoms with Gasteiger partial charge in [-0.3, -0.25) is 4.79 Å². The zero-order valence-electron chi connectivity index (χ0n) is 18.7. The van der Waals surface area contributed by atoms with Crippen molar-refractivity contribution in [1.82, 2.24) is 0 Å². The van der Waals surface area contributed by atoms with Crippen LogP contribution in [-0.4, -0.2) is 36.2 Å². The first-order valence-electron chi connectivity index (χ1n) is 10.8. The number of nitrogens with zero attached hydrogens (tertiary/aromatic N) is 1. The fraction of sp³-hybridized carbons (Fsp3) is 0.667. The quantitative estimate of drug-likeness (QED) is 0.652. The zero-order valence-corrected chi connectivity index (χ0v) is 19.5. The fourth-order valence-corrected chi connectivity index (χ4v) is 5.01. The molecule has 2 aliphatic rings. The molecule has 0 atom stereocenters. The maximum absolute atomic E-state index is 13.6. The lowest BCUT2D eigenvalue weighted by Crippen LogP contribution is -2.53. The minimum absolute atomic E-state index is 0.0158. The van der Waals surface area contributed by atoms with Gasteiger partial charge in [-0.1, -0.05) is 18.8 Å². The second-order valence-corrected chi connectivity index (χ2v) is 10.8. The smallest absolute Gasteiger partial charge is 0.348 e. The molecule has 1 N–H and O–H groups in total. The number of methoxy groups -OCH3 is 1. The molecule has 2 fully saturated rings. The first kappa shape index (κ1) is 22.8. The van der Waals surface area contributed by atoms with Gasteiger partial charge in [-0.15, -0.1) is 11.3 Å². The lowest BCUT2D eigenvalue weighted by atomic mass is 9.80. The second-order valence-electron chi connectivity index (χ2n) is 9.78. The van der Waals surface area contributed by atoms with E-state index in [1.165, 1.54) is 0 Å². The van der Waals surface area contributed by atoms with Crippen LogP contribution in [0.15, 0.2) is 6.07 Å². The summed E-state index contributed by atoms with van der Waals surface area (Å²) < 4.78 is 5.43. The van der Waals surface area contributed by atoms with E-state index in [1.807, 2.05) is 20.8 Å². The van der Waals surface area contributed by atoms with Crippen molar-refractivity contribution < 1.29 is 19.4 Å². The van der Waals surface area contributed by atoms with Crippen LogP contribution < -0.4 is 4.90 Å². The van der Waals surface area contributed by atoms with E-state index < -0.39 is 5.97 Å². The third-order valence-electron chi connectivity index (χ3n) is 6.10. The third-order valence-corrected chi connectivity index (χ3v) is 7.13. The van der Waals surface area contributed by atoms with Gasteiger partial charge in [-0.2, -0.15) is 0 Å². The highest BCUT2D eigenvalue weighted by Gasteiger charge is 2.41. The van der Waals surface area contributed by atoms with Crippen LogP contribution in [0.2, 0.25) is 0 Å². The SMILES string of the molecule is CO[C@H]1C[C@H](N(c2cc(C#CC(C)(C)C)sc2C(=O)O)C(=O)[C@H]2CC[C@H](C)CC2)C1. The number of rotatable bonds is 5. The molecule has 5 nitrogen and oxygen atoms in total. The van der Waals surface area contributed by atoms with Gasteiger partial charge in [0, 0.05) is 24.5 Å². The Morgan fingerprint density at radius 3 is 2.37 bits per heavy atom. The molecule has 0 spiro atoms. The number of aromatic carboxylic acids is 1. The molecular weight excluding hydrogens is 398 g/mol. The number of anilines is 1. The van der Waals surface area contributed by atoms with Crippen molar-refractivity contribution in [2.75, 3.05) is 12.0 Å². The third kappa shape index (κ3) is 5.25. The van der Waals surface area contributed by atoms with Gasteiger partial charge in [-0.25, -0.2) is 4.79 Å². The Labute approximate surface area is 183 Å². The molecule has 0 saturated heterocycles. The summed E-state index contributed by atoms with van der Waals surface area (Å²) in [4.78, 5) is 28.3. The molecule has 164 valence electrons. The molecule has 2 saturated carbocycles. The zero-order chi connectivity index (χ0) is 22.1. The lowest BCUT2D eigenvalue weighted by Gasteiger charge is -2.43. The van der Waals surface area contributed by atoms with Crippen molar-refractivity contribution >= 4 is 28.9 Å². The predicted octanol–water partition coefficient (Wildman–Crippen LogP) is 5.18. The van der Waals surface area contributed by atoms with Crippen molar-refractivity contribution in [2.24, 2.45) is 17.3 Å². The molecule has 3 rings (SSSR count). The van der Waals surface area contributed by atoms with Gasteiger partial charge in [0.25, 0.3) is 0 Å². The molecule has 2 aliphatic carbocycles. The van der Waals surface area contributed by atoms with Gasteiger partial charge in [0.15, 0.2) is 0 Å². The molecule has 0 bridgehead atoms. The van der Waals surface area contributed by atoms with E-state index in [9.17, 15) is 14.7 Å². The Morgan fingerprint density at radius 1 is 1.20 bits per heavy atom. The summed E-state index contributed by atoms with van der Waals surface area (Å²) in [5.41, 5.74) is 0.329. The average molecular weight is 432 g/mol. The highest BCUT2D eigenvalue weighted by atomic mass is 32.1. The number of amides is 1. The number of carboxylic acids is 1. The van der Waals surface area contributed by atoms with Crippen LogP contribution in [0.5, 0.6) is 0 Å². The summed E-state index contributed by atoms with van der Waals surface area (Å²) in [6.07, 6.45) is 5.46. The van der Waals surface area contributed by atoms with Gasteiger partial charge in [0.2, 0.25) is 5.91 Å². The first-order chi connectivity index (χ1) is 14.1. The molecular formula is C24H33NO4S. The van der Waals surface area contributed by atoms with Crippen LogP contribution >= 0.6 is 11.3 Å². The van der Waals surface area contributed by atoms with Crippen molar-refractivity contribution in [3.8, 4) is 11.8 Å². The molecule has 0 aliphatic heterocycles. The fourth-order valence-electron chi connectivity index (χ4n) is 4.16. The Hall–Kier alpha value is -1.84. The number of ether oxygens (including phenoxy) is 1. The topological polar surface area (TPSA) is 66.8 Å². The van der Waals surface area contributed by atoms with E-state index in [1.54, 1.807) is 18.1 Å². The molecule has 1 heterocycles. The van der Waals surface area contributed by atoms with Crippen LogP contribution in [0.4, 0.5) is 5.69 Å². The number of hydrogen-bond acceptors (Lipinski definition) is 4. The van der Waals surface area contributed by atoms with Gasteiger partial charge in [0.1, 0.15) is 4.88 Å². The monoisotopic (exact) mass is 431 g/mol. The minimum atomic E-state index is -1.00. The highest BCUT2D eigenvalue weighted by Crippen LogP contribution is 2.40. The summed E-state index contributed by atoms with van der Waals surface area (Å²) in [5, 5.41) is 9.85. The molecule has 6 heteroatoms. The molecule has 1 aromatic rings. The van der Waals surface area contributed by atoms with Crippen LogP contribution in [-0.2, 0) is 9.53 Å². The Bertz CT molecular complexity index is 843. The van der Waals surface area contributed by atoms with Gasteiger partial charge in [0.05, 0.1) is 16.7 Å². The van der Waals surface area contributed by atoms with Gasteiger partial charge >= 0.3 is 5.97 Å². The first-order valence-corrected chi connectivity index (χ1v) is 11.7. The van der Waals surface area contributed by atoms with Crippen molar-refractivity contribution in [1.29, 1.82) is 0 Å². The minimum Gasteiger partial charge on any atom is -0.477 e. The van der Waals surface area contributed by atoms with Gasteiger partial charge < -0.3 is 14.7 Å². The normalized spacial score (nSPS) is 26.3. The average Bonchev–Trinajstić information content (AvgIpc) is 3.06. The van der Waals surface area contributed by atoms with E-state index in [0.29, 0.717) is 16.5 Å². The molecule has 0 aromatic carbocycles. The number of carbonyl (C=O) groups excluding carboxylic acids is 1. The van der Waals surface area contributed by atoms with E-state index in [4.69, 9.17) is 4.74 Å². The Morgan fingerprint density at radius 2 is 1.83 bits per heavy atom. The number of thiophene rings is 1. The molecule has 0 unspecified atom stereocenters. The maximum Gasteiger partial charge on any atom is 0.348 e. The van der Waals surface area contributed by atoms with E-state index >= 15 is 0 Å². The highest BCUT2D eigenvalue weighted by molar-refractivity contribution is 7.15. The summed E-state index contributed by atoms with van der Waals surface area (Å²) in [6.45, 7) is 8.29. The largest absolute Gasteiger partial charge is 0.477 e. The maximum atomic E-state index is 13.6. The second kappa shape index (κ2) is 9.11.